The van der Waals surface area contributed by atoms with Crippen LogP contribution < -0.4 is 4.90 Å². The second-order valence-electron chi connectivity index (χ2n) is 7.37. The summed E-state index contributed by atoms with van der Waals surface area (Å²) in [5.41, 5.74) is 1.25. The molecule has 2 aromatic heterocycles. The highest BCUT2D eigenvalue weighted by Gasteiger charge is 2.35. The molecular weight excluding hydrogens is 407 g/mol. The highest BCUT2D eigenvalue weighted by molar-refractivity contribution is 7.09. The van der Waals surface area contributed by atoms with Crippen molar-refractivity contribution in [2.45, 2.75) is 39.6 Å². The molecule has 3 heterocycles. The van der Waals surface area contributed by atoms with Crippen LogP contribution in [-0.4, -0.2) is 54.6 Å². The number of benzene rings is 1. The normalized spacial score (nSPS) is 17.0. The van der Waals surface area contributed by atoms with Gasteiger partial charge in [-0.1, -0.05) is 0 Å². The summed E-state index contributed by atoms with van der Waals surface area (Å²) >= 11 is 1.27. The zero-order chi connectivity index (χ0) is 21.6. The number of fused-ring (bicyclic) bond motifs is 1. The van der Waals surface area contributed by atoms with Gasteiger partial charge in [-0.25, -0.2) is 14.4 Å². The van der Waals surface area contributed by atoms with Gasteiger partial charge in [-0.05, 0) is 56.6 Å². The summed E-state index contributed by atoms with van der Waals surface area (Å²) in [5, 5.41) is 10.9. The second-order valence-corrected chi connectivity index (χ2v) is 8.12. The van der Waals surface area contributed by atoms with Gasteiger partial charge in [0.1, 0.15) is 17.9 Å². The lowest BCUT2D eigenvalue weighted by Gasteiger charge is -2.36. The van der Waals surface area contributed by atoms with Crippen molar-refractivity contribution in [1.29, 1.82) is 0 Å². The van der Waals surface area contributed by atoms with Crippen LogP contribution in [0.2, 0.25) is 0 Å². The molecule has 0 radical (unpaired) electrons. The number of carbonyl (C=O) groups is 1. The Morgan fingerprint density at radius 3 is 2.60 bits per heavy atom. The summed E-state index contributed by atoms with van der Waals surface area (Å²) in [4.78, 5) is 25.8. The summed E-state index contributed by atoms with van der Waals surface area (Å²) < 4.78 is 19.6. The van der Waals surface area contributed by atoms with Gasteiger partial charge in [0.15, 0.2) is 16.6 Å². The van der Waals surface area contributed by atoms with Crippen molar-refractivity contribution in [3.05, 3.63) is 47.2 Å². The van der Waals surface area contributed by atoms with Crippen molar-refractivity contribution in [3.63, 3.8) is 0 Å². The third kappa shape index (κ3) is 3.46. The van der Waals surface area contributed by atoms with E-state index in [9.17, 15) is 14.3 Å². The lowest BCUT2D eigenvalue weighted by atomic mass is 10.1. The first kappa shape index (κ1) is 20.4. The minimum Gasteiger partial charge on any atom is -0.374 e. The first-order chi connectivity index (χ1) is 14.3. The number of carbonyl (C=O) groups excluding carboxylic acids is 1. The molecule has 3 aromatic rings. The Morgan fingerprint density at radius 2 is 2.00 bits per heavy atom. The minimum absolute atomic E-state index is 0.172. The van der Waals surface area contributed by atoms with Crippen LogP contribution in [0.3, 0.4) is 0 Å². The van der Waals surface area contributed by atoms with Gasteiger partial charge in [0.25, 0.3) is 5.91 Å². The summed E-state index contributed by atoms with van der Waals surface area (Å²) in [6.45, 7) is 6.43. The third-order valence-electron chi connectivity index (χ3n) is 5.38. The Hall–Kier alpha value is -2.85. The maximum absolute atomic E-state index is 13.3. The van der Waals surface area contributed by atoms with Crippen LogP contribution in [-0.2, 0) is 6.54 Å². The van der Waals surface area contributed by atoms with Gasteiger partial charge in [0.2, 0.25) is 0 Å². The number of anilines is 1. The molecule has 0 bridgehead atoms. The number of amides is 1. The smallest absolute Gasteiger partial charge is 0.254 e. The van der Waals surface area contributed by atoms with Crippen molar-refractivity contribution in [3.8, 4) is 10.8 Å². The summed E-state index contributed by atoms with van der Waals surface area (Å²) in [7, 11) is 1.76. The molecule has 4 rings (SSSR count). The average molecular weight is 431 g/mol. The SMILES string of the molecule is Cc1nsc(-c2nc(N(C)[C@@H](C)O)c3n2CCN(C(=O)c2ccc(F)cc2)C3C)n1. The molecule has 2 atom stereocenters. The second kappa shape index (κ2) is 7.77. The number of aliphatic hydroxyl groups is 1. The van der Waals surface area contributed by atoms with Crippen LogP contribution >= 0.6 is 11.5 Å². The topological polar surface area (TPSA) is 87.4 Å². The van der Waals surface area contributed by atoms with E-state index >= 15 is 0 Å². The number of hydrogen-bond donors (Lipinski definition) is 1. The fraction of sp³-hybridized carbons (Fsp3) is 0.400. The van der Waals surface area contributed by atoms with E-state index < -0.39 is 6.23 Å². The molecule has 1 N–H and O–H groups in total. The number of aryl methyl sites for hydroxylation is 1. The first-order valence-electron chi connectivity index (χ1n) is 9.66. The maximum atomic E-state index is 13.3. The predicted octanol–water partition coefficient (Wildman–Crippen LogP) is 2.84. The molecule has 1 aliphatic rings. The fourth-order valence-electron chi connectivity index (χ4n) is 3.66. The first-order valence-corrected chi connectivity index (χ1v) is 10.4. The van der Waals surface area contributed by atoms with E-state index in [4.69, 9.17) is 4.98 Å². The Labute approximate surface area is 177 Å². The lowest BCUT2D eigenvalue weighted by molar-refractivity contribution is 0.0645. The number of aromatic nitrogens is 4. The zero-order valence-corrected chi connectivity index (χ0v) is 18.0. The van der Waals surface area contributed by atoms with E-state index in [-0.39, 0.29) is 17.8 Å². The van der Waals surface area contributed by atoms with Crippen molar-refractivity contribution in [2.24, 2.45) is 0 Å². The molecule has 1 unspecified atom stereocenters. The van der Waals surface area contributed by atoms with Gasteiger partial charge < -0.3 is 19.5 Å². The highest BCUT2D eigenvalue weighted by atomic mass is 32.1. The van der Waals surface area contributed by atoms with Crippen LogP contribution in [0.1, 0.15) is 41.8 Å². The number of imidazole rings is 1. The van der Waals surface area contributed by atoms with Crippen LogP contribution in [0, 0.1) is 12.7 Å². The van der Waals surface area contributed by atoms with Crippen molar-refractivity contribution >= 4 is 23.3 Å². The summed E-state index contributed by atoms with van der Waals surface area (Å²) in [5.74, 6) is 1.40. The standard InChI is InChI=1S/C20H23FN6O2S/c1-11-16-17(25(4)13(3)28)23-18(19-22-12(2)24-30-19)27(16)10-9-26(11)20(29)14-5-7-15(21)8-6-14/h5-8,11,13,28H,9-10H2,1-4H3/t11?,13-/m1/s1. The number of hydrogen-bond acceptors (Lipinski definition) is 7. The molecule has 1 amide bonds. The molecule has 0 fully saturated rings. The quantitative estimate of drug-likeness (QED) is 0.641. The number of halogens is 1. The molecular formula is C20H23FN6O2S. The summed E-state index contributed by atoms with van der Waals surface area (Å²) in [6.07, 6.45) is -0.760. The average Bonchev–Trinajstić information content (AvgIpc) is 3.31. The van der Waals surface area contributed by atoms with E-state index in [1.807, 2.05) is 18.4 Å². The Morgan fingerprint density at radius 1 is 1.30 bits per heavy atom. The molecule has 0 spiro atoms. The van der Waals surface area contributed by atoms with Gasteiger partial charge in [-0.2, -0.15) is 4.37 Å². The molecule has 0 saturated carbocycles. The molecule has 10 heteroatoms. The zero-order valence-electron chi connectivity index (χ0n) is 17.2. The molecule has 1 aliphatic heterocycles. The lowest BCUT2D eigenvalue weighted by Crippen LogP contribution is -2.42. The van der Waals surface area contributed by atoms with Crippen LogP contribution in [0.5, 0.6) is 0 Å². The predicted molar refractivity (Wildman–Crippen MR) is 112 cm³/mol. The number of rotatable bonds is 4. The van der Waals surface area contributed by atoms with Crippen molar-refractivity contribution < 1.29 is 14.3 Å². The van der Waals surface area contributed by atoms with Crippen molar-refractivity contribution in [1.82, 2.24) is 23.8 Å². The van der Waals surface area contributed by atoms with E-state index in [2.05, 4.69) is 9.36 Å². The van der Waals surface area contributed by atoms with Gasteiger partial charge in [-0.15, -0.1) is 0 Å². The Balaban J connectivity index is 1.77. The molecule has 30 heavy (non-hydrogen) atoms. The third-order valence-corrected chi connectivity index (χ3v) is 6.18. The maximum Gasteiger partial charge on any atom is 0.254 e. The Bertz CT molecular complexity index is 1080. The molecule has 1 aromatic carbocycles. The van der Waals surface area contributed by atoms with Gasteiger partial charge in [0, 0.05) is 25.7 Å². The molecule has 158 valence electrons. The Kier molecular flexibility index (Phi) is 5.29. The molecule has 8 nitrogen and oxygen atoms in total. The molecule has 0 saturated heterocycles. The minimum atomic E-state index is -0.760. The summed E-state index contributed by atoms with van der Waals surface area (Å²) in [6, 6.07) is 5.26. The van der Waals surface area contributed by atoms with E-state index in [0.29, 0.717) is 41.1 Å². The fourth-order valence-corrected chi connectivity index (χ4v) is 4.33. The van der Waals surface area contributed by atoms with Gasteiger partial charge in [-0.3, -0.25) is 4.79 Å². The largest absolute Gasteiger partial charge is 0.374 e. The van der Waals surface area contributed by atoms with Crippen molar-refractivity contribution in [2.75, 3.05) is 18.5 Å². The van der Waals surface area contributed by atoms with Gasteiger partial charge >= 0.3 is 0 Å². The van der Waals surface area contributed by atoms with Crippen LogP contribution in [0.25, 0.3) is 10.8 Å². The van der Waals surface area contributed by atoms with Gasteiger partial charge in [0.05, 0.1) is 11.7 Å². The van der Waals surface area contributed by atoms with Crippen LogP contribution in [0.15, 0.2) is 24.3 Å². The van der Waals surface area contributed by atoms with E-state index in [1.54, 1.807) is 23.8 Å². The van der Waals surface area contributed by atoms with E-state index in [0.717, 1.165) is 5.69 Å². The van der Waals surface area contributed by atoms with E-state index in [1.165, 1.54) is 35.8 Å². The molecule has 0 aliphatic carbocycles. The monoisotopic (exact) mass is 430 g/mol. The highest BCUT2D eigenvalue weighted by Crippen LogP contribution is 2.38. The number of nitrogens with zero attached hydrogens (tertiary/aromatic N) is 6. The van der Waals surface area contributed by atoms with Crippen LogP contribution in [0.4, 0.5) is 10.2 Å². The number of aliphatic hydroxyl groups excluding tert-OH is 1.